The van der Waals surface area contributed by atoms with Gasteiger partial charge in [0.05, 0.1) is 0 Å². The molecule has 0 spiro atoms. The summed E-state index contributed by atoms with van der Waals surface area (Å²) in [5, 5.41) is 0. The number of hydrogen-bond acceptors (Lipinski definition) is 0. The van der Waals surface area contributed by atoms with Gasteiger partial charge >= 0.3 is 0 Å². The van der Waals surface area contributed by atoms with Crippen LogP contribution < -0.4 is 0 Å². The number of hydrogen-bond donors (Lipinski definition) is 0. The highest BCUT2D eigenvalue weighted by molar-refractivity contribution is 4.69. The third kappa shape index (κ3) is 7.11. The first-order valence-electron chi connectivity index (χ1n) is 8.23. The van der Waals surface area contributed by atoms with E-state index in [-0.39, 0.29) is 0 Å². The maximum Gasteiger partial charge on any atom is -0.0386 e. The molecule has 0 aromatic carbocycles. The van der Waals surface area contributed by atoms with Gasteiger partial charge < -0.3 is 0 Å². The van der Waals surface area contributed by atoms with Crippen molar-refractivity contribution in [3.8, 4) is 0 Å². The fourth-order valence-electron chi connectivity index (χ4n) is 3.31. The lowest BCUT2D eigenvalue weighted by Crippen LogP contribution is -2.14. The Morgan fingerprint density at radius 1 is 0.588 bits per heavy atom. The summed E-state index contributed by atoms with van der Waals surface area (Å²) in [6, 6.07) is 0. The molecule has 17 heavy (non-hydrogen) atoms. The summed E-state index contributed by atoms with van der Waals surface area (Å²) in [7, 11) is 0. The molecule has 0 saturated heterocycles. The van der Waals surface area contributed by atoms with Gasteiger partial charge in [0.1, 0.15) is 0 Å². The van der Waals surface area contributed by atoms with Gasteiger partial charge in [0.25, 0.3) is 0 Å². The summed E-state index contributed by atoms with van der Waals surface area (Å²) in [5.74, 6) is 2.97. The van der Waals surface area contributed by atoms with Crippen molar-refractivity contribution in [2.45, 2.75) is 92.4 Å². The van der Waals surface area contributed by atoms with E-state index in [0.717, 1.165) is 17.8 Å². The maximum absolute atomic E-state index is 2.37. The lowest BCUT2D eigenvalue weighted by Gasteiger charge is -2.25. The molecule has 0 amide bonds. The summed E-state index contributed by atoms with van der Waals surface area (Å²) in [6.07, 6.45) is 12.7. The van der Waals surface area contributed by atoms with E-state index in [9.17, 15) is 0 Å². The second kappa shape index (κ2) is 11.1. The molecule has 0 aromatic heterocycles. The van der Waals surface area contributed by atoms with Crippen LogP contribution in [0.1, 0.15) is 92.4 Å². The van der Waals surface area contributed by atoms with Crippen molar-refractivity contribution < 1.29 is 0 Å². The van der Waals surface area contributed by atoms with Crippen molar-refractivity contribution >= 4 is 0 Å². The van der Waals surface area contributed by atoms with E-state index in [4.69, 9.17) is 0 Å². The van der Waals surface area contributed by atoms with Crippen molar-refractivity contribution in [2.75, 3.05) is 0 Å². The van der Waals surface area contributed by atoms with E-state index in [0.29, 0.717) is 0 Å². The normalized spacial score (nSPS) is 13.6. The molecule has 0 aliphatic heterocycles. The molecule has 0 saturated carbocycles. The van der Waals surface area contributed by atoms with Crippen LogP contribution in [0.3, 0.4) is 0 Å². The molecular formula is C17H36. The standard InChI is InChI=1S/C17H36/c1-6-12-17(16(9-4)10-5)14-11-13-15(7-2)8-3/h15-17H,6-14H2,1-5H3. The van der Waals surface area contributed by atoms with Gasteiger partial charge in [-0.3, -0.25) is 0 Å². The largest absolute Gasteiger partial charge is 0.0654 e. The number of rotatable bonds is 11. The van der Waals surface area contributed by atoms with Crippen molar-refractivity contribution in [1.82, 2.24) is 0 Å². The fourth-order valence-corrected chi connectivity index (χ4v) is 3.31. The van der Waals surface area contributed by atoms with Gasteiger partial charge in [0.15, 0.2) is 0 Å². The topological polar surface area (TPSA) is 0 Å². The molecule has 0 heterocycles. The van der Waals surface area contributed by atoms with Crippen LogP contribution in [0.4, 0.5) is 0 Å². The van der Waals surface area contributed by atoms with Crippen LogP contribution in [0.25, 0.3) is 0 Å². The molecule has 0 radical (unpaired) electrons. The van der Waals surface area contributed by atoms with Crippen LogP contribution in [-0.2, 0) is 0 Å². The van der Waals surface area contributed by atoms with E-state index in [1.54, 1.807) is 0 Å². The molecule has 0 fully saturated rings. The molecule has 104 valence electrons. The third-order valence-corrected chi connectivity index (χ3v) is 4.72. The Morgan fingerprint density at radius 2 is 1.18 bits per heavy atom. The van der Waals surface area contributed by atoms with Gasteiger partial charge in [-0.25, -0.2) is 0 Å². The van der Waals surface area contributed by atoms with Crippen LogP contribution in [-0.4, -0.2) is 0 Å². The molecule has 1 atom stereocenters. The molecular weight excluding hydrogens is 204 g/mol. The lowest BCUT2D eigenvalue weighted by molar-refractivity contribution is 0.261. The van der Waals surface area contributed by atoms with Crippen molar-refractivity contribution in [3.63, 3.8) is 0 Å². The van der Waals surface area contributed by atoms with E-state index in [2.05, 4.69) is 34.6 Å². The predicted octanol–water partition coefficient (Wildman–Crippen LogP) is 6.45. The molecule has 0 N–H and O–H groups in total. The molecule has 0 rings (SSSR count). The first-order chi connectivity index (χ1) is 8.23. The third-order valence-electron chi connectivity index (χ3n) is 4.72. The fraction of sp³-hybridized carbons (Fsp3) is 1.00. The average Bonchev–Trinajstić information content (AvgIpc) is 2.36. The van der Waals surface area contributed by atoms with E-state index in [1.807, 2.05) is 0 Å². The second-order valence-corrected chi connectivity index (χ2v) is 5.74. The highest BCUT2D eigenvalue weighted by Gasteiger charge is 2.17. The average molecular weight is 240 g/mol. The summed E-state index contributed by atoms with van der Waals surface area (Å²) >= 11 is 0. The zero-order valence-electron chi connectivity index (χ0n) is 13.1. The van der Waals surface area contributed by atoms with E-state index in [1.165, 1.54) is 57.8 Å². The Bertz CT molecular complexity index is 142. The smallest absolute Gasteiger partial charge is 0.0386 e. The van der Waals surface area contributed by atoms with Gasteiger partial charge in [-0.05, 0) is 17.8 Å². The molecule has 0 aromatic rings. The van der Waals surface area contributed by atoms with Crippen LogP contribution in [0.2, 0.25) is 0 Å². The Morgan fingerprint density at radius 3 is 1.59 bits per heavy atom. The first kappa shape index (κ1) is 17.0. The quantitative estimate of drug-likeness (QED) is 0.389. The SMILES string of the molecule is CCCC(CCCC(CC)CC)C(CC)CC. The minimum absolute atomic E-state index is 0.983. The van der Waals surface area contributed by atoms with Crippen molar-refractivity contribution in [1.29, 1.82) is 0 Å². The van der Waals surface area contributed by atoms with Crippen LogP contribution >= 0.6 is 0 Å². The molecule has 1 unspecified atom stereocenters. The Kier molecular flexibility index (Phi) is 11.1. The van der Waals surface area contributed by atoms with Crippen LogP contribution in [0, 0.1) is 17.8 Å². The van der Waals surface area contributed by atoms with Gasteiger partial charge in [0.2, 0.25) is 0 Å². The summed E-state index contributed by atoms with van der Waals surface area (Å²) in [6.45, 7) is 11.8. The molecule has 0 nitrogen and oxygen atoms in total. The van der Waals surface area contributed by atoms with E-state index >= 15 is 0 Å². The van der Waals surface area contributed by atoms with E-state index < -0.39 is 0 Å². The summed E-state index contributed by atoms with van der Waals surface area (Å²) < 4.78 is 0. The summed E-state index contributed by atoms with van der Waals surface area (Å²) in [4.78, 5) is 0. The molecule has 0 bridgehead atoms. The maximum atomic E-state index is 2.37. The van der Waals surface area contributed by atoms with Crippen molar-refractivity contribution in [2.24, 2.45) is 17.8 Å². The highest BCUT2D eigenvalue weighted by atomic mass is 14.2. The summed E-state index contributed by atoms with van der Waals surface area (Å²) in [5.41, 5.74) is 0. The zero-order valence-corrected chi connectivity index (χ0v) is 13.1. The molecule has 0 aliphatic rings. The van der Waals surface area contributed by atoms with Gasteiger partial charge in [-0.15, -0.1) is 0 Å². The second-order valence-electron chi connectivity index (χ2n) is 5.74. The molecule has 0 aliphatic carbocycles. The Balaban J connectivity index is 3.99. The predicted molar refractivity (Wildman–Crippen MR) is 80.4 cm³/mol. The van der Waals surface area contributed by atoms with Gasteiger partial charge in [0, 0.05) is 0 Å². The van der Waals surface area contributed by atoms with Gasteiger partial charge in [-0.2, -0.15) is 0 Å². The molecule has 0 heteroatoms. The highest BCUT2D eigenvalue weighted by Crippen LogP contribution is 2.30. The van der Waals surface area contributed by atoms with Crippen LogP contribution in [0.15, 0.2) is 0 Å². The van der Waals surface area contributed by atoms with Crippen molar-refractivity contribution in [3.05, 3.63) is 0 Å². The minimum Gasteiger partial charge on any atom is -0.0654 e. The monoisotopic (exact) mass is 240 g/mol. The zero-order chi connectivity index (χ0) is 13.1. The Labute approximate surface area is 111 Å². The van der Waals surface area contributed by atoms with Crippen LogP contribution in [0.5, 0.6) is 0 Å². The minimum atomic E-state index is 0.983. The lowest BCUT2D eigenvalue weighted by atomic mass is 9.80. The Hall–Kier alpha value is 0. The first-order valence-corrected chi connectivity index (χ1v) is 8.23. The van der Waals surface area contributed by atoms with Gasteiger partial charge in [-0.1, -0.05) is 92.4 Å².